The molecule has 3 aromatic rings. The van der Waals surface area contributed by atoms with Crippen LogP contribution < -0.4 is 19.1 Å². The Morgan fingerprint density at radius 1 is 1.00 bits per heavy atom. The topological polar surface area (TPSA) is 77.0 Å². The van der Waals surface area contributed by atoms with Crippen molar-refractivity contribution < 1.29 is 19.0 Å². The summed E-state index contributed by atoms with van der Waals surface area (Å²) in [6.45, 7) is 4.70. The molecule has 0 unspecified atom stereocenters. The third-order valence-electron chi connectivity index (χ3n) is 7.11. The predicted octanol–water partition coefficient (Wildman–Crippen LogP) is 3.45. The highest BCUT2D eigenvalue weighted by Gasteiger charge is 2.29. The number of methoxy groups -OCH3 is 1. The van der Waals surface area contributed by atoms with E-state index >= 15 is 0 Å². The fourth-order valence-electron chi connectivity index (χ4n) is 5.10. The Labute approximate surface area is 204 Å². The molecule has 1 saturated heterocycles. The van der Waals surface area contributed by atoms with Gasteiger partial charge in [-0.15, -0.1) is 0 Å². The van der Waals surface area contributed by atoms with E-state index in [9.17, 15) is 4.79 Å². The van der Waals surface area contributed by atoms with Crippen molar-refractivity contribution in [2.24, 2.45) is 0 Å². The van der Waals surface area contributed by atoms with Crippen molar-refractivity contribution >= 4 is 11.7 Å². The lowest BCUT2D eigenvalue weighted by molar-refractivity contribution is 0.0962. The monoisotopic (exact) mass is 472 g/mol. The van der Waals surface area contributed by atoms with E-state index < -0.39 is 0 Å². The summed E-state index contributed by atoms with van der Waals surface area (Å²) in [6, 6.07) is 14.1. The molecule has 1 aromatic heterocycles. The zero-order valence-corrected chi connectivity index (χ0v) is 19.8. The van der Waals surface area contributed by atoms with E-state index in [0.717, 1.165) is 73.6 Å². The SMILES string of the molecule is COc1ccc([C@@H]2CC(=O)c3cnc(N4CCN(Cc5ccc6c(c5)OCO6)CC4)nc3C2)cc1. The summed E-state index contributed by atoms with van der Waals surface area (Å²) in [4.78, 5) is 26.9. The van der Waals surface area contributed by atoms with E-state index in [-0.39, 0.29) is 11.7 Å². The van der Waals surface area contributed by atoms with E-state index in [1.807, 2.05) is 30.3 Å². The molecule has 0 bridgehead atoms. The fraction of sp³-hybridized carbons (Fsp3) is 0.370. The molecular formula is C27H28N4O4. The van der Waals surface area contributed by atoms with Crippen molar-refractivity contribution in [2.75, 3.05) is 45.0 Å². The smallest absolute Gasteiger partial charge is 0.231 e. The summed E-state index contributed by atoms with van der Waals surface area (Å²) in [5.41, 5.74) is 3.88. The number of aromatic nitrogens is 2. The largest absolute Gasteiger partial charge is 0.497 e. The van der Waals surface area contributed by atoms with E-state index in [1.165, 1.54) is 5.56 Å². The quantitative estimate of drug-likeness (QED) is 0.559. The first kappa shape index (κ1) is 21.9. The van der Waals surface area contributed by atoms with Crippen molar-refractivity contribution in [3.8, 4) is 17.2 Å². The number of rotatable bonds is 5. The maximum atomic E-state index is 12.8. The average Bonchev–Trinajstić information content (AvgIpc) is 3.37. The molecular weight excluding hydrogens is 444 g/mol. The molecule has 0 radical (unpaired) electrons. The van der Waals surface area contributed by atoms with Crippen molar-refractivity contribution in [3.63, 3.8) is 0 Å². The van der Waals surface area contributed by atoms with Crippen LogP contribution in [0.2, 0.25) is 0 Å². The van der Waals surface area contributed by atoms with Gasteiger partial charge in [0, 0.05) is 45.3 Å². The lowest BCUT2D eigenvalue weighted by Crippen LogP contribution is -2.46. The number of hydrogen-bond donors (Lipinski definition) is 0. The molecule has 35 heavy (non-hydrogen) atoms. The van der Waals surface area contributed by atoms with Gasteiger partial charge in [0.2, 0.25) is 12.7 Å². The maximum absolute atomic E-state index is 12.8. The maximum Gasteiger partial charge on any atom is 0.231 e. The number of fused-ring (bicyclic) bond motifs is 2. The van der Waals surface area contributed by atoms with Crippen LogP contribution in [0.1, 0.15) is 39.5 Å². The van der Waals surface area contributed by atoms with E-state index in [4.69, 9.17) is 19.2 Å². The molecule has 3 aliphatic rings. The van der Waals surface area contributed by atoms with Crippen LogP contribution >= 0.6 is 0 Å². The van der Waals surface area contributed by atoms with Gasteiger partial charge in [-0.25, -0.2) is 9.97 Å². The number of hydrogen-bond acceptors (Lipinski definition) is 8. The fourth-order valence-corrected chi connectivity index (χ4v) is 5.10. The third kappa shape index (κ3) is 4.41. The number of anilines is 1. The Balaban J connectivity index is 1.11. The molecule has 1 aliphatic carbocycles. The van der Waals surface area contributed by atoms with E-state index in [2.05, 4.69) is 26.9 Å². The van der Waals surface area contributed by atoms with Crippen LogP contribution in [0.5, 0.6) is 17.2 Å². The van der Waals surface area contributed by atoms with Gasteiger partial charge in [-0.3, -0.25) is 9.69 Å². The van der Waals surface area contributed by atoms with Crippen molar-refractivity contribution in [1.29, 1.82) is 0 Å². The summed E-state index contributed by atoms with van der Waals surface area (Å²) in [5, 5.41) is 0. The molecule has 8 nitrogen and oxygen atoms in total. The average molecular weight is 473 g/mol. The molecule has 1 fully saturated rings. The minimum Gasteiger partial charge on any atom is -0.497 e. The van der Waals surface area contributed by atoms with Crippen LogP contribution in [0.15, 0.2) is 48.7 Å². The Morgan fingerprint density at radius 3 is 2.60 bits per heavy atom. The van der Waals surface area contributed by atoms with Gasteiger partial charge < -0.3 is 19.1 Å². The van der Waals surface area contributed by atoms with Crippen LogP contribution in [0.4, 0.5) is 5.95 Å². The number of ketones is 1. The zero-order valence-electron chi connectivity index (χ0n) is 19.8. The molecule has 180 valence electrons. The zero-order chi connectivity index (χ0) is 23.8. The highest BCUT2D eigenvalue weighted by molar-refractivity contribution is 5.98. The lowest BCUT2D eigenvalue weighted by Gasteiger charge is -2.35. The Morgan fingerprint density at radius 2 is 1.80 bits per heavy atom. The highest BCUT2D eigenvalue weighted by atomic mass is 16.7. The second-order valence-corrected chi connectivity index (χ2v) is 9.28. The van der Waals surface area contributed by atoms with Crippen LogP contribution in [0.3, 0.4) is 0 Å². The highest BCUT2D eigenvalue weighted by Crippen LogP contribution is 2.34. The van der Waals surface area contributed by atoms with Gasteiger partial charge in [0.1, 0.15) is 5.75 Å². The van der Waals surface area contributed by atoms with Gasteiger partial charge in [-0.1, -0.05) is 18.2 Å². The van der Waals surface area contributed by atoms with Gasteiger partial charge in [0.15, 0.2) is 17.3 Å². The molecule has 1 atom stereocenters. The van der Waals surface area contributed by atoms with E-state index in [0.29, 0.717) is 18.8 Å². The van der Waals surface area contributed by atoms with Gasteiger partial charge in [-0.05, 0) is 47.7 Å². The number of benzene rings is 2. The summed E-state index contributed by atoms with van der Waals surface area (Å²) in [6.07, 6.45) is 2.96. The van der Waals surface area contributed by atoms with Crippen LogP contribution in [-0.4, -0.2) is 60.7 Å². The van der Waals surface area contributed by atoms with Crippen LogP contribution in [-0.2, 0) is 13.0 Å². The normalized spacial score (nSPS) is 19.5. The van der Waals surface area contributed by atoms with Gasteiger partial charge in [-0.2, -0.15) is 0 Å². The first-order chi connectivity index (χ1) is 17.2. The first-order valence-corrected chi connectivity index (χ1v) is 12.0. The Bertz CT molecular complexity index is 1240. The number of nitrogens with zero attached hydrogens (tertiary/aromatic N) is 4. The molecule has 2 aliphatic heterocycles. The minimum atomic E-state index is 0.118. The van der Waals surface area contributed by atoms with Crippen LogP contribution in [0.25, 0.3) is 0 Å². The Kier molecular flexibility index (Phi) is 5.74. The Hall–Kier alpha value is -3.65. The van der Waals surface area contributed by atoms with Gasteiger partial charge in [0.05, 0.1) is 18.4 Å². The third-order valence-corrected chi connectivity index (χ3v) is 7.11. The molecule has 0 N–H and O–H groups in total. The minimum absolute atomic E-state index is 0.118. The van der Waals surface area contributed by atoms with Crippen molar-refractivity contribution in [3.05, 3.63) is 71.0 Å². The molecule has 0 spiro atoms. The second kappa shape index (κ2) is 9.19. The summed E-state index contributed by atoms with van der Waals surface area (Å²) in [5.74, 6) is 3.42. The molecule has 3 heterocycles. The molecule has 2 aromatic carbocycles. The van der Waals surface area contributed by atoms with Crippen LogP contribution in [0, 0.1) is 0 Å². The number of Topliss-reactive ketones (excluding diaryl/α,β-unsaturated/α-hetero) is 1. The van der Waals surface area contributed by atoms with Crippen molar-refractivity contribution in [1.82, 2.24) is 14.9 Å². The lowest BCUT2D eigenvalue weighted by atomic mass is 9.82. The standard InChI is InChI=1S/C27H28N4O4/c1-33-21-5-3-19(4-6-21)20-13-23-22(24(32)14-20)15-28-27(29-23)31-10-8-30(9-11-31)16-18-2-7-25-26(12-18)35-17-34-25/h2-7,12,15,20H,8-11,13-14,16-17H2,1H3/t20-/m0/s1. The second-order valence-electron chi connectivity index (χ2n) is 9.28. The number of carbonyl (C=O) groups excluding carboxylic acids is 1. The van der Waals surface area contributed by atoms with Crippen molar-refractivity contribution in [2.45, 2.75) is 25.3 Å². The summed E-state index contributed by atoms with van der Waals surface area (Å²) in [7, 11) is 1.66. The summed E-state index contributed by atoms with van der Waals surface area (Å²) < 4.78 is 16.2. The molecule has 8 heteroatoms. The predicted molar refractivity (Wildman–Crippen MR) is 130 cm³/mol. The number of piperazine rings is 1. The van der Waals surface area contributed by atoms with Gasteiger partial charge in [0.25, 0.3) is 0 Å². The number of ether oxygens (including phenoxy) is 3. The van der Waals surface area contributed by atoms with Gasteiger partial charge >= 0.3 is 0 Å². The molecule has 0 saturated carbocycles. The first-order valence-electron chi connectivity index (χ1n) is 12.0. The molecule has 0 amide bonds. The summed E-state index contributed by atoms with van der Waals surface area (Å²) >= 11 is 0. The van der Waals surface area contributed by atoms with E-state index in [1.54, 1.807) is 13.3 Å². The number of carbonyl (C=O) groups is 1. The molecule has 6 rings (SSSR count).